The Morgan fingerprint density at radius 3 is 2.54 bits per heavy atom. The summed E-state index contributed by atoms with van der Waals surface area (Å²) in [6.07, 6.45) is 9.51. The average Bonchev–Trinajstić information content (AvgIpc) is 2.59. The molecule has 1 heterocycles. The van der Waals surface area contributed by atoms with Crippen LogP contribution in [0.1, 0.15) is 69.2 Å². The standard InChI is InChI=1S/C19H31N5O2/c1-3-12-9-14(10-12)22-18-16(17(20)25)11-21-19(24-18)23-13-5-7-15(8-6-13)26-4-2/h11-15H,3-10H2,1-2H3,(H2,20,25)(H2,21,22,23,24)/t12?,13-,14?,15-. The van der Waals surface area contributed by atoms with Crippen molar-refractivity contribution in [3.05, 3.63) is 11.8 Å². The average molecular weight is 361 g/mol. The maximum absolute atomic E-state index is 11.7. The van der Waals surface area contributed by atoms with Crippen molar-refractivity contribution >= 4 is 17.7 Å². The van der Waals surface area contributed by atoms with E-state index < -0.39 is 5.91 Å². The lowest BCUT2D eigenvalue weighted by molar-refractivity contribution is 0.0346. The first-order valence-corrected chi connectivity index (χ1v) is 9.90. The topological polar surface area (TPSA) is 102 Å². The van der Waals surface area contributed by atoms with Crippen LogP contribution in [-0.2, 0) is 4.74 Å². The number of nitrogens with one attached hydrogen (secondary N) is 2. The van der Waals surface area contributed by atoms with Gasteiger partial charge in [0.25, 0.3) is 5.91 Å². The highest BCUT2D eigenvalue weighted by molar-refractivity contribution is 5.97. The largest absolute Gasteiger partial charge is 0.379 e. The summed E-state index contributed by atoms with van der Waals surface area (Å²) in [5, 5.41) is 6.79. The third kappa shape index (κ3) is 4.63. The zero-order chi connectivity index (χ0) is 18.5. The number of ether oxygens (including phenoxy) is 1. The van der Waals surface area contributed by atoms with E-state index in [2.05, 4.69) is 27.5 Å². The molecule has 0 spiro atoms. The molecular weight excluding hydrogens is 330 g/mol. The van der Waals surface area contributed by atoms with E-state index in [-0.39, 0.29) is 0 Å². The van der Waals surface area contributed by atoms with Crippen molar-refractivity contribution in [2.75, 3.05) is 17.2 Å². The normalized spacial score (nSPS) is 28.2. The number of anilines is 2. The SMILES string of the molecule is CCO[C@H]1CC[C@H](Nc2ncc(C(N)=O)c(NC3CC(CC)C3)n2)CC1. The molecule has 2 saturated carbocycles. The number of nitrogens with two attached hydrogens (primary N) is 1. The highest BCUT2D eigenvalue weighted by Gasteiger charge is 2.29. The number of aromatic nitrogens is 2. The summed E-state index contributed by atoms with van der Waals surface area (Å²) < 4.78 is 5.70. The maximum atomic E-state index is 11.7. The number of amides is 1. The molecule has 0 aromatic carbocycles. The maximum Gasteiger partial charge on any atom is 0.254 e. The smallest absolute Gasteiger partial charge is 0.254 e. The van der Waals surface area contributed by atoms with E-state index in [1.807, 2.05) is 6.92 Å². The summed E-state index contributed by atoms with van der Waals surface area (Å²) >= 11 is 0. The van der Waals surface area contributed by atoms with Gasteiger partial charge in [0.2, 0.25) is 5.95 Å². The molecule has 26 heavy (non-hydrogen) atoms. The highest BCUT2D eigenvalue weighted by atomic mass is 16.5. The van der Waals surface area contributed by atoms with Crippen molar-refractivity contribution in [1.82, 2.24) is 9.97 Å². The summed E-state index contributed by atoms with van der Waals surface area (Å²) in [5.74, 6) is 1.38. The Morgan fingerprint density at radius 1 is 1.19 bits per heavy atom. The minimum absolute atomic E-state index is 0.340. The molecule has 7 heteroatoms. The summed E-state index contributed by atoms with van der Waals surface area (Å²) in [4.78, 5) is 20.5. The van der Waals surface area contributed by atoms with Crippen molar-refractivity contribution in [3.8, 4) is 0 Å². The zero-order valence-corrected chi connectivity index (χ0v) is 15.8. The molecule has 0 atom stereocenters. The van der Waals surface area contributed by atoms with Crippen LogP contribution in [0, 0.1) is 5.92 Å². The molecule has 0 unspecified atom stereocenters. The summed E-state index contributed by atoms with van der Waals surface area (Å²) in [5.41, 5.74) is 5.85. The van der Waals surface area contributed by atoms with Gasteiger partial charge < -0.3 is 21.1 Å². The van der Waals surface area contributed by atoms with Gasteiger partial charge in [-0.25, -0.2) is 4.98 Å². The Kier molecular flexibility index (Phi) is 6.29. The van der Waals surface area contributed by atoms with Gasteiger partial charge in [-0.05, 0) is 51.4 Å². The fourth-order valence-electron chi connectivity index (χ4n) is 3.91. The lowest BCUT2D eigenvalue weighted by Gasteiger charge is -2.36. The molecule has 0 saturated heterocycles. The molecule has 3 rings (SSSR count). The summed E-state index contributed by atoms with van der Waals surface area (Å²) in [6, 6.07) is 0.703. The Bertz CT molecular complexity index is 610. The molecule has 0 bridgehead atoms. The van der Waals surface area contributed by atoms with E-state index in [1.165, 1.54) is 12.6 Å². The quantitative estimate of drug-likeness (QED) is 0.658. The van der Waals surface area contributed by atoms with Gasteiger partial charge in [0.15, 0.2) is 0 Å². The van der Waals surface area contributed by atoms with E-state index in [1.54, 1.807) is 0 Å². The summed E-state index contributed by atoms with van der Waals surface area (Å²) in [7, 11) is 0. The molecule has 0 aliphatic heterocycles. The van der Waals surface area contributed by atoms with Crippen molar-refractivity contribution < 1.29 is 9.53 Å². The van der Waals surface area contributed by atoms with Crippen LogP contribution in [0.3, 0.4) is 0 Å². The van der Waals surface area contributed by atoms with Crippen LogP contribution >= 0.6 is 0 Å². The van der Waals surface area contributed by atoms with Gasteiger partial charge in [-0.2, -0.15) is 4.98 Å². The van der Waals surface area contributed by atoms with Gasteiger partial charge in [0, 0.05) is 24.9 Å². The first-order chi connectivity index (χ1) is 12.6. The minimum atomic E-state index is -0.498. The van der Waals surface area contributed by atoms with Crippen LogP contribution in [0.25, 0.3) is 0 Å². The van der Waals surface area contributed by atoms with Crippen LogP contribution in [-0.4, -0.2) is 40.7 Å². The van der Waals surface area contributed by atoms with E-state index in [0.717, 1.165) is 51.0 Å². The molecule has 2 fully saturated rings. The van der Waals surface area contributed by atoms with Crippen LogP contribution in [0.4, 0.5) is 11.8 Å². The summed E-state index contributed by atoms with van der Waals surface area (Å²) in [6.45, 7) is 5.02. The monoisotopic (exact) mass is 361 g/mol. The minimum Gasteiger partial charge on any atom is -0.379 e. The van der Waals surface area contributed by atoms with Crippen molar-refractivity contribution in [1.29, 1.82) is 0 Å². The Hall–Kier alpha value is -1.89. The van der Waals surface area contributed by atoms with Gasteiger partial charge in [-0.1, -0.05) is 13.3 Å². The second-order valence-corrected chi connectivity index (χ2v) is 7.48. The predicted molar refractivity (Wildman–Crippen MR) is 102 cm³/mol. The molecule has 2 aliphatic carbocycles. The number of carbonyl (C=O) groups is 1. The molecule has 0 radical (unpaired) electrons. The number of hydrogen-bond donors (Lipinski definition) is 3. The first kappa shape index (κ1) is 18.9. The van der Waals surface area contributed by atoms with Crippen LogP contribution in [0.2, 0.25) is 0 Å². The lowest BCUT2D eigenvalue weighted by atomic mass is 9.78. The van der Waals surface area contributed by atoms with Crippen molar-refractivity contribution in [3.63, 3.8) is 0 Å². The molecule has 1 aromatic heterocycles. The number of rotatable bonds is 8. The third-order valence-electron chi connectivity index (χ3n) is 5.62. The van der Waals surface area contributed by atoms with E-state index in [9.17, 15) is 4.79 Å². The Balaban J connectivity index is 1.61. The van der Waals surface area contributed by atoms with E-state index >= 15 is 0 Å². The third-order valence-corrected chi connectivity index (χ3v) is 5.62. The van der Waals surface area contributed by atoms with Crippen molar-refractivity contribution in [2.24, 2.45) is 11.7 Å². The van der Waals surface area contributed by atoms with Gasteiger partial charge in [-0.15, -0.1) is 0 Å². The van der Waals surface area contributed by atoms with Gasteiger partial charge in [-0.3, -0.25) is 4.79 Å². The molecular formula is C19H31N5O2. The fraction of sp³-hybridized carbons (Fsp3) is 0.737. The molecule has 4 N–H and O–H groups in total. The fourth-order valence-corrected chi connectivity index (χ4v) is 3.91. The van der Waals surface area contributed by atoms with Crippen LogP contribution in [0.5, 0.6) is 0 Å². The van der Waals surface area contributed by atoms with Crippen molar-refractivity contribution in [2.45, 2.75) is 77.0 Å². The van der Waals surface area contributed by atoms with Gasteiger partial charge >= 0.3 is 0 Å². The molecule has 1 amide bonds. The Morgan fingerprint density at radius 2 is 1.92 bits per heavy atom. The Labute approximate surface area is 155 Å². The number of primary amides is 1. The lowest BCUT2D eigenvalue weighted by Crippen LogP contribution is -2.36. The van der Waals surface area contributed by atoms with Crippen LogP contribution < -0.4 is 16.4 Å². The molecule has 2 aliphatic rings. The number of carbonyl (C=O) groups excluding carboxylic acids is 1. The molecule has 1 aromatic rings. The van der Waals surface area contributed by atoms with E-state index in [4.69, 9.17) is 10.5 Å². The second-order valence-electron chi connectivity index (χ2n) is 7.48. The van der Waals surface area contributed by atoms with Gasteiger partial charge in [0.1, 0.15) is 5.82 Å². The van der Waals surface area contributed by atoms with Crippen LogP contribution in [0.15, 0.2) is 6.20 Å². The first-order valence-electron chi connectivity index (χ1n) is 9.90. The highest BCUT2D eigenvalue weighted by Crippen LogP contribution is 2.33. The number of hydrogen-bond acceptors (Lipinski definition) is 6. The number of nitrogens with zero attached hydrogens (tertiary/aromatic N) is 2. The second kappa shape index (κ2) is 8.66. The zero-order valence-electron chi connectivity index (χ0n) is 15.8. The molecule has 7 nitrogen and oxygen atoms in total. The predicted octanol–water partition coefficient (Wildman–Crippen LogP) is 2.94. The van der Waals surface area contributed by atoms with Gasteiger partial charge in [0.05, 0.1) is 11.7 Å². The molecule has 144 valence electrons. The van der Waals surface area contributed by atoms with E-state index in [0.29, 0.717) is 35.5 Å².